The van der Waals surface area contributed by atoms with Crippen molar-refractivity contribution in [2.75, 3.05) is 19.0 Å². The molecule has 110 valence electrons. The summed E-state index contributed by atoms with van der Waals surface area (Å²) in [5, 5.41) is 3.16. The van der Waals surface area contributed by atoms with Crippen LogP contribution < -0.4 is 5.32 Å². The van der Waals surface area contributed by atoms with Crippen LogP contribution in [-0.4, -0.2) is 23.6 Å². The number of aromatic nitrogens is 2. The van der Waals surface area contributed by atoms with Crippen LogP contribution in [0.25, 0.3) is 0 Å². The van der Waals surface area contributed by atoms with Crippen molar-refractivity contribution in [2.24, 2.45) is 0 Å². The van der Waals surface area contributed by atoms with Crippen molar-refractivity contribution in [3.8, 4) is 0 Å². The van der Waals surface area contributed by atoms with E-state index in [2.05, 4.69) is 32.3 Å². The lowest BCUT2D eigenvalue weighted by molar-refractivity contribution is 0.109. The quantitative estimate of drug-likeness (QED) is 0.837. The van der Waals surface area contributed by atoms with Crippen LogP contribution in [0, 0.1) is 0 Å². The Morgan fingerprint density at radius 3 is 3.00 bits per heavy atom. The topological polar surface area (TPSA) is 47.0 Å². The summed E-state index contributed by atoms with van der Waals surface area (Å²) in [6, 6.07) is 8.20. The molecule has 1 aromatic heterocycles. The molecule has 3 rings (SSSR count). The fourth-order valence-electron chi connectivity index (χ4n) is 2.26. The van der Waals surface area contributed by atoms with Crippen LogP contribution in [-0.2, 0) is 23.5 Å². The lowest BCUT2D eigenvalue weighted by atomic mass is 10.1. The summed E-state index contributed by atoms with van der Waals surface area (Å²) in [6.07, 6.45) is 0.860. The molecule has 1 aliphatic rings. The molecule has 2 aromatic rings. The molecular formula is C15H16BrN3OS. The van der Waals surface area contributed by atoms with Crippen LogP contribution in [0.1, 0.15) is 17.1 Å². The molecule has 0 aliphatic carbocycles. The molecule has 0 saturated heterocycles. The van der Waals surface area contributed by atoms with Gasteiger partial charge in [-0.3, -0.25) is 0 Å². The highest BCUT2D eigenvalue weighted by molar-refractivity contribution is 9.10. The fourth-order valence-corrected chi connectivity index (χ4v) is 3.68. The Balaban J connectivity index is 1.81. The number of halogens is 1. The Labute approximate surface area is 136 Å². The lowest BCUT2D eigenvalue weighted by Crippen LogP contribution is -2.16. The zero-order valence-corrected chi connectivity index (χ0v) is 14.1. The number of fused-ring (bicyclic) bond motifs is 1. The number of nitrogens with one attached hydrogen (secondary N) is 1. The number of hydrogen-bond acceptors (Lipinski definition) is 5. The van der Waals surface area contributed by atoms with Crippen LogP contribution in [0.2, 0.25) is 0 Å². The first-order chi connectivity index (χ1) is 10.3. The predicted molar refractivity (Wildman–Crippen MR) is 88.6 cm³/mol. The van der Waals surface area contributed by atoms with Crippen LogP contribution >= 0.6 is 27.7 Å². The zero-order valence-electron chi connectivity index (χ0n) is 11.7. The standard InChI is InChI=1S/C15H16BrN3OS/c1-17-15-10-8-20-7-6-12(10)18-14(19-15)9-21-13-5-3-2-4-11(13)16/h2-5H,6-9H2,1H3,(H,17,18,19). The second-order valence-electron chi connectivity index (χ2n) is 4.69. The molecule has 6 heteroatoms. The highest BCUT2D eigenvalue weighted by Gasteiger charge is 2.17. The first kappa shape index (κ1) is 14.8. The summed E-state index contributed by atoms with van der Waals surface area (Å²) in [5.41, 5.74) is 2.21. The molecule has 0 spiro atoms. The Bertz CT molecular complexity index is 634. The molecule has 21 heavy (non-hydrogen) atoms. The Morgan fingerprint density at radius 1 is 1.33 bits per heavy atom. The molecule has 0 saturated carbocycles. The van der Waals surface area contributed by atoms with E-state index in [0.717, 1.165) is 46.2 Å². The molecule has 0 amide bonds. The monoisotopic (exact) mass is 365 g/mol. The van der Waals surface area contributed by atoms with Crippen molar-refractivity contribution in [3.63, 3.8) is 0 Å². The fraction of sp³-hybridized carbons (Fsp3) is 0.333. The Morgan fingerprint density at radius 2 is 2.19 bits per heavy atom. The van der Waals surface area contributed by atoms with E-state index in [0.29, 0.717) is 6.61 Å². The molecule has 0 radical (unpaired) electrons. The number of benzene rings is 1. The predicted octanol–water partition coefficient (Wildman–Crippen LogP) is 3.65. The van der Waals surface area contributed by atoms with Gasteiger partial charge in [0.05, 0.1) is 24.7 Å². The van der Waals surface area contributed by atoms with Gasteiger partial charge in [0.25, 0.3) is 0 Å². The number of thioether (sulfide) groups is 1. The number of rotatable bonds is 4. The summed E-state index contributed by atoms with van der Waals surface area (Å²) in [5.74, 6) is 2.51. The van der Waals surface area contributed by atoms with Crippen LogP contribution in [0.3, 0.4) is 0 Å². The molecule has 1 aliphatic heterocycles. The molecule has 4 nitrogen and oxygen atoms in total. The van der Waals surface area contributed by atoms with Gasteiger partial charge in [-0.05, 0) is 28.1 Å². The van der Waals surface area contributed by atoms with Crippen LogP contribution in [0.4, 0.5) is 5.82 Å². The minimum absolute atomic E-state index is 0.600. The van der Waals surface area contributed by atoms with Crippen molar-refractivity contribution in [3.05, 3.63) is 45.8 Å². The van der Waals surface area contributed by atoms with Gasteiger partial charge >= 0.3 is 0 Å². The van der Waals surface area contributed by atoms with Gasteiger partial charge in [-0.25, -0.2) is 9.97 Å². The van der Waals surface area contributed by atoms with E-state index < -0.39 is 0 Å². The molecule has 2 heterocycles. The zero-order chi connectivity index (χ0) is 14.7. The van der Waals surface area contributed by atoms with Crippen molar-refractivity contribution in [2.45, 2.75) is 23.7 Å². The summed E-state index contributed by atoms with van der Waals surface area (Å²) >= 11 is 5.31. The van der Waals surface area contributed by atoms with Gasteiger partial charge in [0.2, 0.25) is 0 Å². The van der Waals surface area contributed by atoms with Crippen molar-refractivity contribution in [1.82, 2.24) is 9.97 Å². The summed E-state index contributed by atoms with van der Waals surface area (Å²) in [4.78, 5) is 10.5. The summed E-state index contributed by atoms with van der Waals surface area (Å²) in [6.45, 7) is 1.34. The van der Waals surface area contributed by atoms with E-state index in [1.807, 2.05) is 25.2 Å². The maximum absolute atomic E-state index is 5.49. The van der Waals surface area contributed by atoms with E-state index in [-0.39, 0.29) is 0 Å². The lowest BCUT2D eigenvalue weighted by Gasteiger charge is -2.19. The van der Waals surface area contributed by atoms with Crippen LogP contribution in [0.15, 0.2) is 33.6 Å². The molecule has 0 bridgehead atoms. The highest BCUT2D eigenvalue weighted by atomic mass is 79.9. The molecule has 1 aromatic carbocycles. The maximum Gasteiger partial charge on any atom is 0.141 e. The van der Waals surface area contributed by atoms with E-state index in [4.69, 9.17) is 9.72 Å². The molecule has 0 atom stereocenters. The summed E-state index contributed by atoms with van der Waals surface area (Å²) in [7, 11) is 1.89. The third-order valence-electron chi connectivity index (χ3n) is 3.30. The smallest absolute Gasteiger partial charge is 0.141 e. The van der Waals surface area contributed by atoms with Gasteiger partial charge in [0.15, 0.2) is 0 Å². The minimum Gasteiger partial charge on any atom is -0.376 e. The third-order valence-corrected chi connectivity index (χ3v) is 5.32. The Hall–Kier alpha value is -1.11. The van der Waals surface area contributed by atoms with Gasteiger partial charge in [0.1, 0.15) is 11.6 Å². The van der Waals surface area contributed by atoms with Gasteiger partial charge in [0, 0.05) is 28.4 Å². The minimum atomic E-state index is 0.600. The van der Waals surface area contributed by atoms with Crippen molar-refractivity contribution >= 4 is 33.5 Å². The van der Waals surface area contributed by atoms with Gasteiger partial charge in [-0.1, -0.05) is 12.1 Å². The number of nitrogens with zero attached hydrogens (tertiary/aromatic N) is 2. The third kappa shape index (κ3) is 3.39. The average Bonchev–Trinajstić information content (AvgIpc) is 2.53. The van der Waals surface area contributed by atoms with Gasteiger partial charge in [-0.15, -0.1) is 11.8 Å². The van der Waals surface area contributed by atoms with Gasteiger partial charge < -0.3 is 10.1 Å². The SMILES string of the molecule is CNc1nc(CSc2ccccc2Br)nc2c1COCC2. The van der Waals surface area contributed by atoms with Crippen LogP contribution in [0.5, 0.6) is 0 Å². The number of ether oxygens (including phenoxy) is 1. The second-order valence-corrected chi connectivity index (χ2v) is 6.56. The van der Waals surface area contributed by atoms with Crippen molar-refractivity contribution < 1.29 is 4.74 Å². The van der Waals surface area contributed by atoms with E-state index >= 15 is 0 Å². The molecule has 0 fully saturated rings. The van der Waals surface area contributed by atoms with E-state index in [1.54, 1.807) is 11.8 Å². The first-order valence-electron chi connectivity index (χ1n) is 6.79. The summed E-state index contributed by atoms with van der Waals surface area (Å²) < 4.78 is 6.60. The maximum atomic E-state index is 5.49. The van der Waals surface area contributed by atoms with E-state index in [1.165, 1.54) is 4.90 Å². The molecule has 0 unspecified atom stereocenters. The molecule has 1 N–H and O–H groups in total. The number of hydrogen-bond donors (Lipinski definition) is 1. The second kappa shape index (κ2) is 6.77. The highest BCUT2D eigenvalue weighted by Crippen LogP contribution is 2.30. The largest absolute Gasteiger partial charge is 0.376 e. The first-order valence-corrected chi connectivity index (χ1v) is 8.57. The normalized spacial score (nSPS) is 13.8. The average molecular weight is 366 g/mol. The van der Waals surface area contributed by atoms with Crippen molar-refractivity contribution in [1.29, 1.82) is 0 Å². The number of anilines is 1. The van der Waals surface area contributed by atoms with Gasteiger partial charge in [-0.2, -0.15) is 0 Å². The molecular weight excluding hydrogens is 350 g/mol. The van der Waals surface area contributed by atoms with E-state index in [9.17, 15) is 0 Å². The Kier molecular flexibility index (Phi) is 4.77.